The number of nitriles is 1. The molecule has 2 atom stereocenters. The van der Waals surface area contributed by atoms with E-state index in [2.05, 4.69) is 39.0 Å². The molecule has 1 aliphatic heterocycles. The van der Waals surface area contributed by atoms with E-state index in [1.54, 1.807) is 0 Å². The molecule has 32 heavy (non-hydrogen) atoms. The lowest BCUT2D eigenvalue weighted by Crippen LogP contribution is -2.46. The summed E-state index contributed by atoms with van der Waals surface area (Å²) in [4.78, 5) is 25.6. The highest BCUT2D eigenvalue weighted by Gasteiger charge is 2.47. The van der Waals surface area contributed by atoms with Crippen molar-refractivity contribution in [3.63, 3.8) is 0 Å². The first-order valence-electron chi connectivity index (χ1n) is 11.4. The maximum atomic E-state index is 13.1. The summed E-state index contributed by atoms with van der Waals surface area (Å²) in [6.45, 7) is 6.80. The Morgan fingerprint density at radius 2 is 2.12 bits per heavy atom. The summed E-state index contributed by atoms with van der Waals surface area (Å²) < 4.78 is 0. The fourth-order valence-corrected chi connectivity index (χ4v) is 5.33. The molecule has 1 fully saturated rings. The number of allylic oxidation sites excluding steroid dienone is 1. The van der Waals surface area contributed by atoms with Crippen LogP contribution in [0.1, 0.15) is 76.8 Å². The van der Waals surface area contributed by atoms with Crippen molar-refractivity contribution in [3.05, 3.63) is 46.1 Å². The van der Waals surface area contributed by atoms with Crippen molar-refractivity contribution in [3.8, 4) is 6.07 Å². The number of halogens is 1. The van der Waals surface area contributed by atoms with Gasteiger partial charge in [0.1, 0.15) is 0 Å². The van der Waals surface area contributed by atoms with Crippen LogP contribution in [0.4, 0.5) is 0 Å². The van der Waals surface area contributed by atoms with Gasteiger partial charge in [0, 0.05) is 36.0 Å². The van der Waals surface area contributed by atoms with E-state index in [0.717, 1.165) is 53.8 Å². The molecule has 0 radical (unpaired) electrons. The van der Waals surface area contributed by atoms with Crippen LogP contribution in [-0.4, -0.2) is 28.4 Å². The summed E-state index contributed by atoms with van der Waals surface area (Å²) in [7, 11) is 0. The number of nitrogens with zero attached hydrogens (tertiary/aromatic N) is 2. The van der Waals surface area contributed by atoms with Crippen LogP contribution in [0.25, 0.3) is 0 Å². The molecule has 0 aromatic heterocycles. The molecule has 1 amide bonds. The minimum absolute atomic E-state index is 0.0634. The second-order valence-electron chi connectivity index (χ2n) is 10.4. The normalized spacial score (nSPS) is 23.3. The third kappa shape index (κ3) is 5.35. The quantitative estimate of drug-likeness (QED) is 0.557. The zero-order valence-electron chi connectivity index (χ0n) is 19.3. The summed E-state index contributed by atoms with van der Waals surface area (Å²) in [5.74, 6) is -0.933. The second kappa shape index (κ2) is 9.67. The van der Waals surface area contributed by atoms with E-state index < -0.39 is 11.4 Å². The van der Waals surface area contributed by atoms with Crippen LogP contribution in [0, 0.1) is 22.7 Å². The third-order valence-corrected chi connectivity index (χ3v) is 7.22. The van der Waals surface area contributed by atoms with E-state index in [1.165, 1.54) is 4.90 Å². The van der Waals surface area contributed by atoms with Gasteiger partial charge in [-0.05, 0) is 59.8 Å². The summed E-state index contributed by atoms with van der Waals surface area (Å²) in [5.41, 5.74) is 2.97. The lowest BCUT2D eigenvalue weighted by atomic mass is 9.59. The monoisotopic (exact) mass is 456 g/mol. The van der Waals surface area contributed by atoms with Gasteiger partial charge in [-0.25, -0.2) is 0 Å². The topological polar surface area (TPSA) is 81.4 Å². The van der Waals surface area contributed by atoms with Crippen molar-refractivity contribution < 1.29 is 14.7 Å². The van der Waals surface area contributed by atoms with Gasteiger partial charge in [0.15, 0.2) is 0 Å². The molecule has 2 unspecified atom stereocenters. The molecule has 1 saturated carbocycles. The number of benzene rings is 1. The SMILES string of the molecule is CC(C)(C)CCc1ccc(C23CCCC(CC#N)C2=CN(CCC(=O)O)C(=O)C3)cc1Cl. The van der Waals surface area contributed by atoms with Crippen LogP contribution in [0.3, 0.4) is 0 Å². The molecule has 2 aliphatic rings. The minimum Gasteiger partial charge on any atom is -0.481 e. The Balaban J connectivity index is 1.99. The van der Waals surface area contributed by atoms with Crippen molar-refractivity contribution in [1.82, 2.24) is 4.90 Å². The number of hydrogen-bond acceptors (Lipinski definition) is 3. The first kappa shape index (κ1) is 24.3. The number of carboxylic acid groups (broad SMARTS) is 1. The van der Waals surface area contributed by atoms with Crippen molar-refractivity contribution >= 4 is 23.5 Å². The van der Waals surface area contributed by atoms with E-state index in [1.807, 2.05) is 12.3 Å². The van der Waals surface area contributed by atoms with E-state index in [9.17, 15) is 14.9 Å². The van der Waals surface area contributed by atoms with Crippen LogP contribution >= 0.6 is 11.6 Å². The molecular formula is C26H33ClN2O3. The van der Waals surface area contributed by atoms with Gasteiger partial charge < -0.3 is 10.0 Å². The van der Waals surface area contributed by atoms with Crippen LogP contribution in [0.2, 0.25) is 5.02 Å². The van der Waals surface area contributed by atoms with Gasteiger partial charge in [0.25, 0.3) is 0 Å². The number of carbonyl (C=O) groups excluding carboxylic acids is 1. The lowest BCUT2D eigenvalue weighted by Gasteiger charge is -2.47. The number of amides is 1. The van der Waals surface area contributed by atoms with Crippen LogP contribution in [0.5, 0.6) is 0 Å². The maximum Gasteiger partial charge on any atom is 0.305 e. The molecule has 1 aliphatic carbocycles. The number of fused-ring (bicyclic) bond motifs is 1. The number of carbonyl (C=O) groups is 2. The highest BCUT2D eigenvalue weighted by molar-refractivity contribution is 6.31. The van der Waals surface area contributed by atoms with Gasteiger partial charge in [-0.3, -0.25) is 9.59 Å². The van der Waals surface area contributed by atoms with Crippen LogP contribution in [0.15, 0.2) is 30.0 Å². The van der Waals surface area contributed by atoms with Gasteiger partial charge in [0.2, 0.25) is 5.91 Å². The smallest absolute Gasteiger partial charge is 0.305 e. The fourth-order valence-electron chi connectivity index (χ4n) is 5.06. The molecule has 5 nitrogen and oxygen atoms in total. The molecule has 6 heteroatoms. The van der Waals surface area contributed by atoms with Crippen molar-refractivity contribution in [2.24, 2.45) is 11.3 Å². The third-order valence-electron chi connectivity index (χ3n) is 6.87. The van der Waals surface area contributed by atoms with Crippen molar-refractivity contribution in [1.29, 1.82) is 5.26 Å². The minimum atomic E-state index is -0.928. The number of hydrogen-bond donors (Lipinski definition) is 1. The van der Waals surface area contributed by atoms with Gasteiger partial charge in [-0.2, -0.15) is 5.26 Å². The van der Waals surface area contributed by atoms with Crippen molar-refractivity contribution in [2.75, 3.05) is 6.54 Å². The molecule has 1 aromatic carbocycles. The molecule has 1 aromatic rings. The number of carboxylic acids is 1. The Morgan fingerprint density at radius 1 is 1.38 bits per heavy atom. The number of rotatable bonds is 7. The summed E-state index contributed by atoms with van der Waals surface area (Å²) in [6.07, 6.45) is 7.04. The first-order valence-corrected chi connectivity index (χ1v) is 11.8. The van der Waals surface area contributed by atoms with Gasteiger partial charge in [-0.1, -0.05) is 50.9 Å². The maximum absolute atomic E-state index is 13.1. The molecule has 0 saturated heterocycles. The average Bonchev–Trinajstić information content (AvgIpc) is 2.71. The molecular weight excluding hydrogens is 424 g/mol. The Kier molecular flexibility index (Phi) is 7.35. The van der Waals surface area contributed by atoms with Gasteiger partial charge in [-0.15, -0.1) is 0 Å². The highest BCUT2D eigenvalue weighted by Crippen LogP contribution is 2.52. The zero-order chi connectivity index (χ0) is 23.5. The van der Waals surface area contributed by atoms with Crippen molar-refractivity contribution in [2.45, 2.75) is 77.6 Å². The molecule has 3 rings (SSSR count). The molecule has 0 spiro atoms. The predicted octanol–water partition coefficient (Wildman–Crippen LogP) is 5.86. The fraction of sp³-hybridized carbons (Fsp3) is 0.577. The van der Waals surface area contributed by atoms with Crippen LogP contribution in [-0.2, 0) is 21.4 Å². The van der Waals surface area contributed by atoms with Gasteiger partial charge in [0.05, 0.1) is 12.5 Å². The predicted molar refractivity (Wildman–Crippen MR) is 125 cm³/mol. The Morgan fingerprint density at radius 3 is 2.75 bits per heavy atom. The summed E-state index contributed by atoms with van der Waals surface area (Å²) in [5, 5.41) is 19.2. The van der Waals surface area contributed by atoms with Crippen LogP contribution < -0.4 is 0 Å². The number of aryl methyl sites for hydroxylation is 1. The summed E-state index contributed by atoms with van der Waals surface area (Å²) >= 11 is 6.72. The van der Waals surface area contributed by atoms with E-state index in [0.29, 0.717) is 6.42 Å². The standard InChI is InChI=1S/C26H33ClN2O3/c1-25(2,3)12-8-19-6-7-20(15-22(19)27)26-11-4-5-18(9-13-28)21(26)17-29(23(30)16-26)14-10-24(31)32/h6-7,15,17-18H,4-5,8-12,14,16H2,1-3H3,(H,31,32). The Labute approximate surface area is 196 Å². The first-order chi connectivity index (χ1) is 15.1. The van der Waals surface area contributed by atoms with E-state index >= 15 is 0 Å². The Hall–Kier alpha value is -2.32. The second-order valence-corrected chi connectivity index (χ2v) is 10.8. The average molecular weight is 457 g/mol. The molecule has 0 bridgehead atoms. The highest BCUT2D eigenvalue weighted by atomic mass is 35.5. The van der Waals surface area contributed by atoms with Gasteiger partial charge >= 0.3 is 5.97 Å². The molecule has 172 valence electrons. The van der Waals surface area contributed by atoms with E-state index in [4.69, 9.17) is 16.7 Å². The lowest BCUT2D eigenvalue weighted by molar-refractivity contribution is -0.138. The largest absolute Gasteiger partial charge is 0.481 e. The zero-order valence-corrected chi connectivity index (χ0v) is 20.0. The Bertz CT molecular complexity index is 957. The molecule has 1 heterocycles. The van der Waals surface area contributed by atoms with E-state index in [-0.39, 0.29) is 36.6 Å². The summed E-state index contributed by atoms with van der Waals surface area (Å²) in [6, 6.07) is 8.51. The number of aliphatic carboxylic acids is 1. The molecule has 1 N–H and O–H groups in total.